The van der Waals surface area contributed by atoms with Crippen LogP contribution in [0.1, 0.15) is 0 Å². The Kier molecular flexibility index (Phi) is 15.8. The van der Waals surface area contributed by atoms with Crippen LogP contribution in [0.2, 0.25) is 0 Å². The van der Waals surface area contributed by atoms with Crippen LogP contribution < -0.4 is 9.79 Å². The van der Waals surface area contributed by atoms with Crippen molar-refractivity contribution in [2.45, 2.75) is 0 Å². The quantitative estimate of drug-likeness (QED) is 0.507. The Hall–Kier alpha value is 1.68. The molecule has 88 valence electrons. The third-order valence-corrected chi connectivity index (χ3v) is 4.47. The van der Waals surface area contributed by atoms with Crippen LogP contribution in [0.25, 0.3) is 0 Å². The zero-order valence-electron chi connectivity index (χ0n) is 8.87. The maximum Gasteiger partial charge on any atom is 2.00 e. The zero-order valence-corrected chi connectivity index (χ0v) is 15.3. The summed E-state index contributed by atoms with van der Waals surface area (Å²) in [5.41, 5.74) is 0. The fourth-order valence-corrected chi connectivity index (χ4v) is 0.447. The molecule has 0 amide bonds. The van der Waals surface area contributed by atoms with Crippen LogP contribution in [0.15, 0.2) is 0 Å². The maximum absolute atomic E-state index is 10.3. The summed E-state index contributed by atoms with van der Waals surface area (Å²) in [4.78, 5) is 20.6. The van der Waals surface area contributed by atoms with E-state index < -0.39 is 13.4 Å². The SMILES string of the molecule is COP([O-])(=S)OC.COP([O-])(=S)OC.[Zn+2]. The van der Waals surface area contributed by atoms with E-state index in [0.717, 1.165) is 0 Å². The van der Waals surface area contributed by atoms with Gasteiger partial charge in [0.1, 0.15) is 13.4 Å². The Morgan fingerprint density at radius 1 is 0.733 bits per heavy atom. The molecule has 0 saturated carbocycles. The zero-order chi connectivity index (χ0) is 11.8. The first-order valence-corrected chi connectivity index (χ1v) is 8.21. The normalized spacial score (nSPS) is 11.1. The average Bonchev–Trinajstić information content (AvgIpc) is 2.19. The number of rotatable bonds is 4. The van der Waals surface area contributed by atoms with Gasteiger partial charge in [0.2, 0.25) is 0 Å². The largest absolute Gasteiger partial charge is 2.00 e. The Morgan fingerprint density at radius 2 is 0.867 bits per heavy atom. The van der Waals surface area contributed by atoms with Gasteiger partial charge in [0, 0.05) is 28.4 Å². The molecule has 0 aromatic rings. The van der Waals surface area contributed by atoms with Crippen LogP contribution in [0.5, 0.6) is 0 Å². The first-order valence-electron chi connectivity index (χ1n) is 3.09. The van der Waals surface area contributed by atoms with Crippen molar-refractivity contribution in [1.29, 1.82) is 0 Å². The van der Waals surface area contributed by atoms with Gasteiger partial charge >= 0.3 is 19.5 Å². The number of hydrogen-bond donors (Lipinski definition) is 0. The molecule has 0 heterocycles. The maximum atomic E-state index is 10.3. The summed E-state index contributed by atoms with van der Waals surface area (Å²) in [6.45, 7) is -6.14. The summed E-state index contributed by atoms with van der Waals surface area (Å²) < 4.78 is 16.9. The van der Waals surface area contributed by atoms with Gasteiger partial charge in [-0.1, -0.05) is 23.6 Å². The Morgan fingerprint density at radius 3 is 0.867 bits per heavy atom. The van der Waals surface area contributed by atoms with Crippen LogP contribution in [0.4, 0.5) is 0 Å². The van der Waals surface area contributed by atoms with Gasteiger partial charge < -0.3 is 27.9 Å². The molecule has 6 nitrogen and oxygen atoms in total. The van der Waals surface area contributed by atoms with Crippen molar-refractivity contribution in [2.75, 3.05) is 28.4 Å². The van der Waals surface area contributed by atoms with Crippen molar-refractivity contribution in [3.05, 3.63) is 0 Å². The van der Waals surface area contributed by atoms with Gasteiger partial charge in [-0.25, -0.2) is 0 Å². The van der Waals surface area contributed by atoms with Gasteiger partial charge in [-0.05, 0) is 0 Å². The Labute approximate surface area is 113 Å². The Bertz CT molecular complexity index is 199. The molecule has 0 radical (unpaired) electrons. The summed E-state index contributed by atoms with van der Waals surface area (Å²) in [6.07, 6.45) is 0. The molecule has 0 spiro atoms. The molecule has 0 N–H and O–H groups in total. The molecule has 15 heavy (non-hydrogen) atoms. The molecule has 0 aliphatic rings. The van der Waals surface area contributed by atoms with Gasteiger partial charge in [0.05, 0.1) is 0 Å². The third-order valence-electron chi connectivity index (χ3n) is 0.894. The van der Waals surface area contributed by atoms with Crippen molar-refractivity contribution in [2.24, 2.45) is 0 Å². The molecule has 0 unspecified atom stereocenters. The summed E-state index contributed by atoms with van der Waals surface area (Å²) in [7, 11) is 4.99. The van der Waals surface area contributed by atoms with Crippen LogP contribution in [0, 0.1) is 0 Å². The minimum Gasteiger partial charge on any atom is -0.780 e. The van der Waals surface area contributed by atoms with Gasteiger partial charge in [-0.15, -0.1) is 0 Å². The van der Waals surface area contributed by atoms with E-state index in [4.69, 9.17) is 0 Å². The van der Waals surface area contributed by atoms with E-state index in [-0.39, 0.29) is 19.5 Å². The average molecular weight is 348 g/mol. The first-order chi connectivity index (χ1) is 6.24. The second-order valence-electron chi connectivity index (χ2n) is 1.62. The van der Waals surface area contributed by atoms with E-state index in [9.17, 15) is 9.79 Å². The fraction of sp³-hybridized carbons (Fsp3) is 1.00. The van der Waals surface area contributed by atoms with Crippen LogP contribution >= 0.6 is 13.4 Å². The Balaban J connectivity index is -0.000000180. The summed E-state index contributed by atoms with van der Waals surface area (Å²) in [5.74, 6) is 0. The van der Waals surface area contributed by atoms with Crippen molar-refractivity contribution >= 4 is 37.1 Å². The van der Waals surface area contributed by atoms with E-state index in [1.807, 2.05) is 0 Å². The number of hydrogen-bond acceptors (Lipinski definition) is 8. The first kappa shape index (κ1) is 21.9. The van der Waals surface area contributed by atoms with E-state index in [2.05, 4.69) is 41.7 Å². The van der Waals surface area contributed by atoms with Crippen LogP contribution in [-0.4, -0.2) is 28.4 Å². The molecular formula is C4H12O6P2S2Zn. The third kappa shape index (κ3) is 15.7. The standard InChI is InChI=1S/2C2H7O3PS.Zn/c2*1-4-6(3,7)5-2;/h2*1-2H3,(H,3,7);/q;;+2/p-2. The molecule has 0 aliphatic heterocycles. The van der Waals surface area contributed by atoms with Gasteiger partial charge in [0.15, 0.2) is 0 Å². The molecule has 0 rings (SSSR count). The van der Waals surface area contributed by atoms with Gasteiger partial charge in [-0.3, -0.25) is 0 Å². The molecule has 0 bridgehead atoms. The van der Waals surface area contributed by atoms with Crippen molar-refractivity contribution < 1.29 is 47.4 Å². The minimum absolute atomic E-state index is 0. The van der Waals surface area contributed by atoms with Crippen LogP contribution in [-0.2, 0) is 61.2 Å². The van der Waals surface area contributed by atoms with E-state index in [0.29, 0.717) is 0 Å². The van der Waals surface area contributed by atoms with Crippen LogP contribution in [0.3, 0.4) is 0 Å². The van der Waals surface area contributed by atoms with E-state index in [1.54, 1.807) is 0 Å². The van der Waals surface area contributed by atoms with Crippen molar-refractivity contribution in [3.63, 3.8) is 0 Å². The predicted octanol–water partition coefficient (Wildman–Crippen LogP) is -0.275. The fourth-order valence-electron chi connectivity index (χ4n) is 0.149. The summed E-state index contributed by atoms with van der Waals surface area (Å²) in [5, 5.41) is 0. The topological polar surface area (TPSA) is 83.0 Å². The molecule has 0 aromatic heterocycles. The minimum atomic E-state index is -3.07. The van der Waals surface area contributed by atoms with E-state index >= 15 is 0 Å². The second kappa shape index (κ2) is 10.8. The molecule has 0 aliphatic carbocycles. The van der Waals surface area contributed by atoms with Crippen molar-refractivity contribution in [1.82, 2.24) is 0 Å². The molecular weight excluding hydrogens is 336 g/mol. The van der Waals surface area contributed by atoms with Gasteiger partial charge in [-0.2, -0.15) is 0 Å². The molecule has 0 saturated heterocycles. The second-order valence-corrected chi connectivity index (χ2v) is 7.56. The smallest absolute Gasteiger partial charge is 0.780 e. The summed E-state index contributed by atoms with van der Waals surface area (Å²) in [6, 6.07) is 0. The summed E-state index contributed by atoms with van der Waals surface area (Å²) >= 11 is 8.51. The predicted molar refractivity (Wildman–Crippen MR) is 56.6 cm³/mol. The van der Waals surface area contributed by atoms with Gasteiger partial charge in [0.25, 0.3) is 0 Å². The monoisotopic (exact) mass is 346 g/mol. The van der Waals surface area contributed by atoms with Crippen molar-refractivity contribution in [3.8, 4) is 0 Å². The van der Waals surface area contributed by atoms with E-state index in [1.165, 1.54) is 28.4 Å². The molecule has 0 aromatic carbocycles. The molecule has 11 heteroatoms. The molecule has 0 fully saturated rings. The molecule has 0 atom stereocenters.